The number of aromatic nitrogens is 2. The van der Waals surface area contributed by atoms with Crippen LogP contribution in [0.2, 0.25) is 0 Å². The predicted molar refractivity (Wildman–Crippen MR) is 129 cm³/mol. The highest BCUT2D eigenvalue weighted by Crippen LogP contribution is 2.21. The van der Waals surface area contributed by atoms with E-state index >= 15 is 0 Å². The van der Waals surface area contributed by atoms with Crippen molar-refractivity contribution in [2.75, 3.05) is 26.7 Å². The number of pyridine rings is 1. The van der Waals surface area contributed by atoms with Gasteiger partial charge in [0.25, 0.3) is 0 Å². The zero-order chi connectivity index (χ0) is 22.4. The van der Waals surface area contributed by atoms with E-state index in [2.05, 4.69) is 37.7 Å². The number of hydrogen-bond acceptors (Lipinski definition) is 6. The molecular formula is C23H31N9. The van der Waals surface area contributed by atoms with Gasteiger partial charge in [-0.3, -0.25) is 21.0 Å². The maximum absolute atomic E-state index is 6.72. The zero-order valence-corrected chi connectivity index (χ0v) is 18.4. The third-order valence-electron chi connectivity index (χ3n) is 5.51. The van der Waals surface area contributed by atoms with E-state index in [0.717, 1.165) is 30.6 Å². The number of nitrogens with zero attached hydrogens (tertiary/aromatic N) is 4. The van der Waals surface area contributed by atoms with Crippen LogP contribution < -0.4 is 22.1 Å². The van der Waals surface area contributed by atoms with Crippen molar-refractivity contribution in [2.24, 2.45) is 21.5 Å². The van der Waals surface area contributed by atoms with Gasteiger partial charge in [0.15, 0.2) is 5.79 Å². The number of aryl methyl sites for hydroxylation is 1. The Morgan fingerprint density at radius 2 is 1.97 bits per heavy atom. The topological polar surface area (TPSA) is 133 Å². The van der Waals surface area contributed by atoms with Gasteiger partial charge in [-0.25, -0.2) is 4.99 Å². The molecule has 3 aromatic rings. The molecule has 1 aliphatic rings. The summed E-state index contributed by atoms with van der Waals surface area (Å²) in [7, 11) is 1.99. The molecule has 3 heterocycles. The minimum Gasteiger partial charge on any atom is -0.361 e. The van der Waals surface area contributed by atoms with Crippen molar-refractivity contribution >= 4 is 22.8 Å². The molecule has 9 nitrogen and oxygen atoms in total. The molecule has 168 valence electrons. The molecule has 1 aliphatic heterocycles. The van der Waals surface area contributed by atoms with Crippen LogP contribution in [0.4, 0.5) is 0 Å². The standard InChI is InChI=1S/C23H31N9/c1-32(15-10-18-6-4-5-13-26-18)22-29-21(27-14-12-24)30-23(25,31-22)11-9-17-16-28-20-8-3-2-7-19(17)20/h2-8,13,16,28H,9-12,14-15,24-25H2,1H3,(H2,27,29,30,31). The fourth-order valence-electron chi connectivity index (χ4n) is 3.74. The number of aromatic amines is 1. The highest BCUT2D eigenvalue weighted by atomic mass is 15.5. The van der Waals surface area contributed by atoms with Gasteiger partial charge in [0.05, 0.1) is 6.54 Å². The number of nitrogens with two attached hydrogens (primary N) is 2. The Kier molecular flexibility index (Phi) is 6.67. The second-order valence-corrected chi connectivity index (χ2v) is 7.98. The molecule has 32 heavy (non-hydrogen) atoms. The van der Waals surface area contributed by atoms with Gasteiger partial charge in [0.1, 0.15) is 0 Å². The smallest absolute Gasteiger partial charge is 0.204 e. The number of para-hydroxylation sites is 1. The van der Waals surface area contributed by atoms with E-state index in [1.165, 1.54) is 10.9 Å². The van der Waals surface area contributed by atoms with Gasteiger partial charge in [-0.15, -0.1) is 0 Å². The number of aliphatic imine (C=N–C) groups is 2. The van der Waals surface area contributed by atoms with E-state index < -0.39 is 5.79 Å². The lowest BCUT2D eigenvalue weighted by atomic mass is 10.0. The first-order chi connectivity index (χ1) is 15.6. The third-order valence-corrected chi connectivity index (χ3v) is 5.51. The lowest BCUT2D eigenvalue weighted by Gasteiger charge is -2.36. The first-order valence-corrected chi connectivity index (χ1v) is 10.9. The molecule has 9 heteroatoms. The van der Waals surface area contributed by atoms with E-state index in [0.29, 0.717) is 31.4 Å². The molecule has 0 amide bonds. The van der Waals surface area contributed by atoms with Crippen LogP contribution in [0, 0.1) is 0 Å². The highest BCUT2D eigenvalue weighted by Gasteiger charge is 2.32. The number of likely N-dealkylation sites (N-methyl/N-ethyl adjacent to an activating group) is 1. The number of guanidine groups is 2. The summed E-state index contributed by atoms with van der Waals surface area (Å²) >= 11 is 0. The normalized spacial score (nSPS) is 19.5. The number of rotatable bonds is 8. The molecule has 0 bridgehead atoms. The molecule has 1 unspecified atom stereocenters. The number of fused-ring (bicyclic) bond motifs is 1. The highest BCUT2D eigenvalue weighted by molar-refractivity contribution is 6.00. The Morgan fingerprint density at radius 1 is 1.12 bits per heavy atom. The summed E-state index contributed by atoms with van der Waals surface area (Å²) in [6.07, 6.45) is 6.03. The average Bonchev–Trinajstić information content (AvgIpc) is 3.23. The summed E-state index contributed by atoms with van der Waals surface area (Å²) in [5, 5.41) is 7.72. The molecule has 0 saturated carbocycles. The number of hydrogen-bond donors (Lipinski definition) is 5. The molecule has 0 spiro atoms. The van der Waals surface area contributed by atoms with Crippen molar-refractivity contribution in [1.29, 1.82) is 0 Å². The fraction of sp³-hybridized carbons (Fsp3) is 0.348. The summed E-state index contributed by atoms with van der Waals surface area (Å²) in [5.74, 6) is 0.287. The van der Waals surface area contributed by atoms with E-state index in [1.54, 1.807) is 0 Å². The van der Waals surface area contributed by atoms with Gasteiger partial charge in [-0.1, -0.05) is 24.3 Å². The minimum absolute atomic E-state index is 0.460. The third kappa shape index (κ3) is 5.24. The van der Waals surface area contributed by atoms with Crippen molar-refractivity contribution in [2.45, 2.75) is 25.0 Å². The molecule has 2 aromatic heterocycles. The Morgan fingerprint density at radius 3 is 2.78 bits per heavy atom. The molecular weight excluding hydrogens is 402 g/mol. The van der Waals surface area contributed by atoms with E-state index in [9.17, 15) is 0 Å². The van der Waals surface area contributed by atoms with Crippen molar-refractivity contribution in [3.63, 3.8) is 0 Å². The Labute approximate surface area is 188 Å². The number of nitrogens with one attached hydrogen (secondary N) is 3. The zero-order valence-electron chi connectivity index (χ0n) is 18.4. The van der Waals surface area contributed by atoms with Crippen LogP contribution in [0.5, 0.6) is 0 Å². The van der Waals surface area contributed by atoms with Gasteiger partial charge >= 0.3 is 0 Å². The predicted octanol–water partition coefficient (Wildman–Crippen LogP) is 1.15. The van der Waals surface area contributed by atoms with Crippen molar-refractivity contribution in [1.82, 2.24) is 25.5 Å². The van der Waals surface area contributed by atoms with Crippen LogP contribution in [0.15, 0.2) is 64.8 Å². The summed E-state index contributed by atoms with van der Waals surface area (Å²) in [6, 6.07) is 14.2. The Balaban J connectivity index is 1.50. The molecule has 0 saturated heterocycles. The van der Waals surface area contributed by atoms with Crippen molar-refractivity contribution in [3.05, 3.63) is 66.1 Å². The second-order valence-electron chi connectivity index (χ2n) is 7.98. The van der Waals surface area contributed by atoms with Crippen LogP contribution in [-0.2, 0) is 12.8 Å². The van der Waals surface area contributed by atoms with Gasteiger partial charge in [0, 0.05) is 62.0 Å². The quantitative estimate of drug-likeness (QED) is 0.362. The van der Waals surface area contributed by atoms with E-state index in [-0.39, 0.29) is 0 Å². The first kappa shape index (κ1) is 21.8. The van der Waals surface area contributed by atoms with Crippen molar-refractivity contribution < 1.29 is 0 Å². The maximum atomic E-state index is 6.72. The molecule has 0 radical (unpaired) electrons. The molecule has 0 aliphatic carbocycles. The summed E-state index contributed by atoms with van der Waals surface area (Å²) in [4.78, 5) is 19.1. The fourth-order valence-corrected chi connectivity index (χ4v) is 3.74. The van der Waals surface area contributed by atoms with Crippen LogP contribution in [0.3, 0.4) is 0 Å². The number of H-pyrrole nitrogens is 1. The summed E-state index contributed by atoms with van der Waals surface area (Å²) < 4.78 is 0. The number of benzene rings is 1. The van der Waals surface area contributed by atoms with E-state index in [4.69, 9.17) is 16.5 Å². The van der Waals surface area contributed by atoms with Crippen LogP contribution in [0.1, 0.15) is 17.7 Å². The second kappa shape index (κ2) is 9.80. The maximum Gasteiger partial charge on any atom is 0.204 e. The minimum atomic E-state index is -0.981. The van der Waals surface area contributed by atoms with Crippen molar-refractivity contribution in [3.8, 4) is 0 Å². The molecule has 1 aromatic carbocycles. The van der Waals surface area contributed by atoms with Crippen LogP contribution in [0.25, 0.3) is 10.9 Å². The average molecular weight is 434 g/mol. The molecule has 4 rings (SSSR count). The molecule has 1 atom stereocenters. The van der Waals surface area contributed by atoms with E-state index in [1.807, 2.05) is 54.7 Å². The van der Waals surface area contributed by atoms with Gasteiger partial charge in [-0.05, 0) is 30.2 Å². The Bertz CT molecular complexity index is 1090. The molecule has 7 N–H and O–H groups in total. The lowest BCUT2D eigenvalue weighted by Crippen LogP contribution is -2.65. The van der Waals surface area contributed by atoms with Crippen LogP contribution >= 0.6 is 0 Å². The van der Waals surface area contributed by atoms with Crippen LogP contribution in [-0.4, -0.2) is 59.3 Å². The lowest BCUT2D eigenvalue weighted by molar-refractivity contribution is 0.353. The largest absolute Gasteiger partial charge is 0.361 e. The molecule has 0 fully saturated rings. The monoisotopic (exact) mass is 433 g/mol. The SMILES string of the molecule is CN(CCc1ccccn1)C1=NC(N)(CCc2c[nH]c3ccccc23)NC(=NCCN)N1. The van der Waals surface area contributed by atoms with Gasteiger partial charge < -0.3 is 20.9 Å². The summed E-state index contributed by atoms with van der Waals surface area (Å²) in [6.45, 7) is 1.70. The first-order valence-electron chi connectivity index (χ1n) is 10.9. The summed E-state index contributed by atoms with van der Waals surface area (Å²) in [5.41, 5.74) is 15.7. The Hall–Kier alpha value is -3.43. The van der Waals surface area contributed by atoms with Gasteiger partial charge in [-0.2, -0.15) is 0 Å². The van der Waals surface area contributed by atoms with Gasteiger partial charge in [0.2, 0.25) is 11.9 Å².